The van der Waals surface area contributed by atoms with Crippen molar-refractivity contribution in [2.45, 2.75) is 32.0 Å². The average Bonchev–Trinajstić information content (AvgIpc) is 2.94. The van der Waals surface area contributed by atoms with Crippen molar-refractivity contribution in [1.29, 1.82) is 0 Å². The Bertz CT molecular complexity index is 611. The molecule has 0 saturated carbocycles. The summed E-state index contributed by atoms with van der Waals surface area (Å²) in [7, 11) is 1.97. The number of nitrogens with one attached hydrogen (secondary N) is 1. The monoisotopic (exact) mass is 291 g/mol. The summed E-state index contributed by atoms with van der Waals surface area (Å²) in [5.41, 5.74) is 2.24. The minimum atomic E-state index is 0.0172. The van der Waals surface area contributed by atoms with Crippen molar-refractivity contribution >= 4 is 11.6 Å². The molecule has 0 saturated heterocycles. The second-order valence-electron chi connectivity index (χ2n) is 4.97. The van der Waals surface area contributed by atoms with Crippen molar-refractivity contribution in [2.24, 2.45) is 0 Å². The number of aryl methyl sites for hydroxylation is 1. The van der Waals surface area contributed by atoms with Crippen LogP contribution in [0.15, 0.2) is 30.7 Å². The van der Waals surface area contributed by atoms with Crippen LogP contribution in [0.2, 0.25) is 5.02 Å². The van der Waals surface area contributed by atoms with Crippen LogP contribution in [-0.4, -0.2) is 16.6 Å². The summed E-state index contributed by atoms with van der Waals surface area (Å²) in [6.07, 6.45) is 4.63. The SMILES string of the molecule is CCn1cncc1C1CC(NC)c2cc(Cl)ccc2O1. The van der Waals surface area contributed by atoms with Gasteiger partial charge in [0, 0.05) is 29.6 Å². The molecule has 20 heavy (non-hydrogen) atoms. The molecule has 0 fully saturated rings. The normalized spacial score (nSPS) is 21.4. The first-order chi connectivity index (χ1) is 9.72. The van der Waals surface area contributed by atoms with Crippen LogP contribution in [0.5, 0.6) is 5.75 Å². The number of fused-ring (bicyclic) bond motifs is 1. The number of hydrogen-bond acceptors (Lipinski definition) is 3. The van der Waals surface area contributed by atoms with Gasteiger partial charge in [0.25, 0.3) is 0 Å². The van der Waals surface area contributed by atoms with E-state index in [9.17, 15) is 0 Å². The Hall–Kier alpha value is -1.52. The zero-order chi connectivity index (χ0) is 14.1. The van der Waals surface area contributed by atoms with Gasteiger partial charge in [-0.3, -0.25) is 0 Å². The predicted molar refractivity (Wildman–Crippen MR) is 79.1 cm³/mol. The van der Waals surface area contributed by atoms with Gasteiger partial charge in [0.15, 0.2) is 0 Å². The molecular formula is C15H18ClN3O. The topological polar surface area (TPSA) is 39.1 Å². The number of hydrogen-bond donors (Lipinski definition) is 1. The van der Waals surface area contributed by atoms with Crippen LogP contribution >= 0.6 is 11.6 Å². The number of halogens is 1. The third kappa shape index (κ3) is 2.30. The second kappa shape index (κ2) is 5.46. The van der Waals surface area contributed by atoms with Crippen LogP contribution in [0.25, 0.3) is 0 Å². The van der Waals surface area contributed by atoms with Gasteiger partial charge in [0.05, 0.1) is 18.2 Å². The van der Waals surface area contributed by atoms with Gasteiger partial charge in [-0.2, -0.15) is 0 Å². The molecule has 3 rings (SSSR count). The van der Waals surface area contributed by atoms with Crippen molar-refractivity contribution in [3.05, 3.63) is 47.0 Å². The molecule has 1 aromatic carbocycles. The van der Waals surface area contributed by atoms with Gasteiger partial charge in [-0.1, -0.05) is 11.6 Å². The van der Waals surface area contributed by atoms with E-state index in [0.29, 0.717) is 0 Å². The number of benzene rings is 1. The molecule has 106 valence electrons. The zero-order valence-corrected chi connectivity index (χ0v) is 12.4. The number of imidazole rings is 1. The molecule has 0 amide bonds. The summed E-state index contributed by atoms with van der Waals surface area (Å²) in [6, 6.07) is 6.03. The Morgan fingerprint density at radius 1 is 1.50 bits per heavy atom. The predicted octanol–water partition coefficient (Wildman–Crippen LogP) is 3.34. The minimum Gasteiger partial charge on any atom is -0.484 e. The minimum absolute atomic E-state index is 0.0172. The van der Waals surface area contributed by atoms with Crippen molar-refractivity contribution in [1.82, 2.24) is 14.9 Å². The molecule has 0 bridgehead atoms. The van der Waals surface area contributed by atoms with Crippen LogP contribution < -0.4 is 10.1 Å². The molecule has 4 nitrogen and oxygen atoms in total. The van der Waals surface area contributed by atoms with E-state index in [0.717, 1.165) is 35.0 Å². The van der Waals surface area contributed by atoms with Crippen molar-refractivity contribution in [2.75, 3.05) is 7.05 Å². The maximum Gasteiger partial charge on any atom is 0.142 e. The summed E-state index contributed by atoms with van der Waals surface area (Å²) < 4.78 is 8.27. The van der Waals surface area contributed by atoms with Gasteiger partial charge in [-0.05, 0) is 32.2 Å². The molecule has 2 atom stereocenters. The van der Waals surface area contributed by atoms with Crippen LogP contribution in [0.1, 0.15) is 36.7 Å². The fourth-order valence-electron chi connectivity index (χ4n) is 2.76. The highest BCUT2D eigenvalue weighted by Crippen LogP contribution is 2.41. The third-order valence-electron chi connectivity index (χ3n) is 3.83. The molecular weight excluding hydrogens is 274 g/mol. The molecule has 0 spiro atoms. The highest BCUT2D eigenvalue weighted by atomic mass is 35.5. The summed E-state index contributed by atoms with van der Waals surface area (Å²) >= 11 is 6.09. The van der Waals surface area contributed by atoms with Crippen molar-refractivity contribution in [3.63, 3.8) is 0 Å². The quantitative estimate of drug-likeness (QED) is 0.943. The van der Waals surface area contributed by atoms with Gasteiger partial charge < -0.3 is 14.6 Å². The van der Waals surface area contributed by atoms with Gasteiger partial charge in [0.1, 0.15) is 11.9 Å². The van der Waals surface area contributed by atoms with Crippen LogP contribution in [0.4, 0.5) is 0 Å². The first-order valence-electron chi connectivity index (χ1n) is 6.86. The largest absolute Gasteiger partial charge is 0.484 e. The van der Waals surface area contributed by atoms with Gasteiger partial charge in [0.2, 0.25) is 0 Å². The van der Waals surface area contributed by atoms with Crippen LogP contribution in [0.3, 0.4) is 0 Å². The lowest BCUT2D eigenvalue weighted by Crippen LogP contribution is -2.27. The van der Waals surface area contributed by atoms with Crippen molar-refractivity contribution in [3.8, 4) is 5.75 Å². The van der Waals surface area contributed by atoms with Crippen molar-refractivity contribution < 1.29 is 4.74 Å². The Morgan fingerprint density at radius 2 is 2.35 bits per heavy atom. The lowest BCUT2D eigenvalue weighted by molar-refractivity contribution is 0.146. The van der Waals surface area contributed by atoms with Gasteiger partial charge in [-0.15, -0.1) is 0 Å². The Morgan fingerprint density at radius 3 is 3.10 bits per heavy atom. The summed E-state index contributed by atoms with van der Waals surface area (Å²) in [6.45, 7) is 3.00. The molecule has 1 aliphatic rings. The lowest BCUT2D eigenvalue weighted by atomic mass is 9.95. The van der Waals surface area contributed by atoms with E-state index in [1.807, 2.05) is 37.8 Å². The number of ether oxygens (including phenoxy) is 1. The number of rotatable bonds is 3. The Kier molecular flexibility index (Phi) is 3.68. The molecule has 2 unspecified atom stereocenters. The van der Waals surface area contributed by atoms with E-state index in [1.54, 1.807) is 0 Å². The smallest absolute Gasteiger partial charge is 0.142 e. The first kappa shape index (κ1) is 13.5. The molecule has 1 aromatic heterocycles. The highest BCUT2D eigenvalue weighted by molar-refractivity contribution is 6.30. The fraction of sp³-hybridized carbons (Fsp3) is 0.400. The summed E-state index contributed by atoms with van der Waals surface area (Å²) in [4.78, 5) is 4.23. The third-order valence-corrected chi connectivity index (χ3v) is 4.06. The highest BCUT2D eigenvalue weighted by Gasteiger charge is 2.30. The molecule has 5 heteroatoms. The first-order valence-corrected chi connectivity index (χ1v) is 7.24. The van der Waals surface area contributed by atoms with Gasteiger partial charge in [-0.25, -0.2) is 4.98 Å². The lowest BCUT2D eigenvalue weighted by Gasteiger charge is -2.32. The molecule has 0 aliphatic carbocycles. The van der Waals surface area contributed by atoms with E-state index < -0.39 is 0 Å². The van der Waals surface area contributed by atoms with Gasteiger partial charge >= 0.3 is 0 Å². The molecule has 0 radical (unpaired) electrons. The fourth-order valence-corrected chi connectivity index (χ4v) is 2.94. The Labute approximate surface area is 123 Å². The maximum absolute atomic E-state index is 6.15. The second-order valence-corrected chi connectivity index (χ2v) is 5.41. The molecule has 1 aliphatic heterocycles. The van der Waals surface area contributed by atoms with Crippen LogP contribution in [-0.2, 0) is 6.54 Å². The van der Waals surface area contributed by atoms with E-state index in [2.05, 4.69) is 21.8 Å². The summed E-state index contributed by atoms with van der Waals surface area (Å²) in [5, 5.41) is 4.09. The summed E-state index contributed by atoms with van der Waals surface area (Å²) in [5.74, 6) is 0.897. The van der Waals surface area contributed by atoms with E-state index >= 15 is 0 Å². The molecule has 1 N–H and O–H groups in total. The average molecular weight is 292 g/mol. The molecule has 2 aromatic rings. The maximum atomic E-state index is 6.15. The molecule has 2 heterocycles. The van der Waals surface area contributed by atoms with E-state index in [1.165, 1.54) is 0 Å². The zero-order valence-electron chi connectivity index (χ0n) is 11.6. The standard InChI is InChI=1S/C15H18ClN3O/c1-3-19-9-18-8-13(19)15-7-12(17-2)11-6-10(16)4-5-14(11)20-15/h4-6,8-9,12,15,17H,3,7H2,1-2H3. The Balaban J connectivity index is 1.97. The number of aromatic nitrogens is 2. The van der Waals surface area contributed by atoms with E-state index in [4.69, 9.17) is 16.3 Å². The number of nitrogens with zero attached hydrogens (tertiary/aromatic N) is 2. The van der Waals surface area contributed by atoms with Crippen LogP contribution in [0, 0.1) is 0 Å². The van der Waals surface area contributed by atoms with E-state index in [-0.39, 0.29) is 12.1 Å².